The van der Waals surface area contributed by atoms with Crippen LogP contribution in [-0.2, 0) is 5.60 Å². The van der Waals surface area contributed by atoms with Crippen molar-refractivity contribution in [3.63, 3.8) is 0 Å². The van der Waals surface area contributed by atoms with Crippen molar-refractivity contribution in [2.24, 2.45) is 0 Å². The third-order valence-electron chi connectivity index (χ3n) is 3.24. The predicted molar refractivity (Wildman–Crippen MR) is 82.5 cm³/mol. The summed E-state index contributed by atoms with van der Waals surface area (Å²) >= 11 is 1.74. The molecule has 1 nitrogen and oxygen atoms in total. The molecule has 3 rings (SSSR count). The Balaban J connectivity index is 2.36. The second-order valence-electron chi connectivity index (χ2n) is 5.23. The Hall–Kier alpha value is -1.64. The van der Waals surface area contributed by atoms with Gasteiger partial charge in [0.2, 0.25) is 0 Å². The minimum absolute atomic E-state index is 0.842. The number of hydrogen-bond acceptors (Lipinski definition) is 2. The summed E-state index contributed by atoms with van der Waals surface area (Å²) in [5.74, 6) is 0. The standard InChI is InChI=1S/C17H16OS/c1-17(2,18)15-13-10-6-7-11-14(13)19-16(15)12-8-4-3-5-9-12/h3-11,18H,1-2H3. The van der Waals surface area contributed by atoms with Crippen molar-refractivity contribution in [2.45, 2.75) is 19.4 Å². The summed E-state index contributed by atoms with van der Waals surface area (Å²) < 4.78 is 1.22. The lowest BCUT2D eigenvalue weighted by atomic mass is 9.93. The highest BCUT2D eigenvalue weighted by molar-refractivity contribution is 7.22. The quantitative estimate of drug-likeness (QED) is 0.708. The Labute approximate surface area is 117 Å². The highest BCUT2D eigenvalue weighted by Crippen LogP contribution is 2.43. The van der Waals surface area contributed by atoms with E-state index in [1.807, 2.05) is 44.2 Å². The summed E-state index contributed by atoms with van der Waals surface area (Å²) in [5.41, 5.74) is 1.35. The minimum Gasteiger partial charge on any atom is -0.386 e. The van der Waals surface area contributed by atoms with Crippen LogP contribution in [0.25, 0.3) is 20.5 Å². The van der Waals surface area contributed by atoms with Gasteiger partial charge < -0.3 is 5.11 Å². The van der Waals surface area contributed by atoms with Gasteiger partial charge in [0, 0.05) is 15.1 Å². The zero-order chi connectivity index (χ0) is 13.5. The molecule has 0 amide bonds. The number of benzene rings is 2. The maximum absolute atomic E-state index is 10.5. The van der Waals surface area contributed by atoms with Crippen LogP contribution in [0.2, 0.25) is 0 Å². The first kappa shape index (κ1) is 12.4. The number of thiophene rings is 1. The molecule has 19 heavy (non-hydrogen) atoms. The Kier molecular flexibility index (Phi) is 2.92. The van der Waals surface area contributed by atoms with Crippen molar-refractivity contribution in [3.05, 3.63) is 60.2 Å². The number of hydrogen-bond donors (Lipinski definition) is 1. The summed E-state index contributed by atoms with van der Waals surface area (Å²) in [6.45, 7) is 3.71. The maximum Gasteiger partial charge on any atom is 0.0860 e. The van der Waals surface area contributed by atoms with Gasteiger partial charge in [-0.3, -0.25) is 0 Å². The van der Waals surface area contributed by atoms with Crippen molar-refractivity contribution in [1.82, 2.24) is 0 Å². The topological polar surface area (TPSA) is 20.2 Å². The van der Waals surface area contributed by atoms with E-state index in [1.165, 1.54) is 10.3 Å². The highest BCUT2D eigenvalue weighted by Gasteiger charge is 2.25. The molecule has 0 atom stereocenters. The van der Waals surface area contributed by atoms with Gasteiger partial charge in [-0.25, -0.2) is 0 Å². The van der Waals surface area contributed by atoms with Crippen molar-refractivity contribution < 1.29 is 5.11 Å². The molecular formula is C17H16OS. The van der Waals surface area contributed by atoms with Gasteiger partial charge in [-0.1, -0.05) is 48.5 Å². The highest BCUT2D eigenvalue weighted by atomic mass is 32.1. The molecule has 1 N–H and O–H groups in total. The average Bonchev–Trinajstić information content (AvgIpc) is 2.79. The summed E-state index contributed by atoms with van der Waals surface area (Å²) in [5, 5.41) is 11.7. The molecular weight excluding hydrogens is 252 g/mol. The van der Waals surface area contributed by atoms with E-state index in [4.69, 9.17) is 0 Å². The van der Waals surface area contributed by atoms with Gasteiger partial charge in [0.1, 0.15) is 0 Å². The molecule has 0 saturated carbocycles. The van der Waals surface area contributed by atoms with Gasteiger partial charge in [-0.05, 0) is 30.9 Å². The van der Waals surface area contributed by atoms with E-state index in [9.17, 15) is 5.11 Å². The van der Waals surface area contributed by atoms with Gasteiger partial charge in [0.25, 0.3) is 0 Å². The van der Waals surface area contributed by atoms with Crippen LogP contribution in [0.5, 0.6) is 0 Å². The number of fused-ring (bicyclic) bond motifs is 1. The average molecular weight is 268 g/mol. The van der Waals surface area contributed by atoms with Gasteiger partial charge >= 0.3 is 0 Å². The van der Waals surface area contributed by atoms with Gasteiger partial charge in [-0.15, -0.1) is 11.3 Å². The van der Waals surface area contributed by atoms with E-state index in [0.29, 0.717) is 0 Å². The molecule has 0 aliphatic heterocycles. The van der Waals surface area contributed by atoms with Gasteiger partial charge in [-0.2, -0.15) is 0 Å². The first-order valence-electron chi connectivity index (χ1n) is 6.37. The smallest absolute Gasteiger partial charge is 0.0860 e. The Morgan fingerprint density at radius 3 is 2.21 bits per heavy atom. The van der Waals surface area contributed by atoms with Crippen LogP contribution >= 0.6 is 11.3 Å². The molecule has 0 aliphatic rings. The van der Waals surface area contributed by atoms with E-state index < -0.39 is 5.60 Å². The molecule has 1 heterocycles. The van der Waals surface area contributed by atoms with Gasteiger partial charge in [0.15, 0.2) is 0 Å². The second-order valence-corrected chi connectivity index (χ2v) is 6.28. The third kappa shape index (κ3) is 2.18. The molecule has 2 aromatic carbocycles. The van der Waals surface area contributed by atoms with E-state index in [2.05, 4.69) is 24.3 Å². The van der Waals surface area contributed by atoms with Crippen LogP contribution in [-0.4, -0.2) is 5.11 Å². The fraction of sp³-hybridized carbons (Fsp3) is 0.176. The number of rotatable bonds is 2. The summed E-state index contributed by atoms with van der Waals surface area (Å²) in [6.07, 6.45) is 0. The Morgan fingerprint density at radius 2 is 1.53 bits per heavy atom. The van der Waals surface area contributed by atoms with Crippen molar-refractivity contribution in [3.8, 4) is 10.4 Å². The van der Waals surface area contributed by atoms with E-state index >= 15 is 0 Å². The van der Waals surface area contributed by atoms with E-state index in [1.54, 1.807) is 11.3 Å². The Bertz CT molecular complexity index is 705. The van der Waals surface area contributed by atoms with Crippen molar-refractivity contribution >= 4 is 21.4 Å². The van der Waals surface area contributed by atoms with Gasteiger partial charge in [0.05, 0.1) is 5.60 Å². The summed E-state index contributed by atoms with van der Waals surface area (Å²) in [7, 11) is 0. The molecule has 0 saturated heterocycles. The lowest BCUT2D eigenvalue weighted by Crippen LogP contribution is -2.15. The molecule has 96 valence electrons. The first-order chi connectivity index (χ1) is 9.07. The molecule has 0 bridgehead atoms. The monoisotopic (exact) mass is 268 g/mol. The number of aliphatic hydroxyl groups is 1. The molecule has 0 spiro atoms. The lowest BCUT2D eigenvalue weighted by molar-refractivity contribution is 0.0811. The minimum atomic E-state index is -0.842. The van der Waals surface area contributed by atoms with Crippen molar-refractivity contribution in [2.75, 3.05) is 0 Å². The van der Waals surface area contributed by atoms with E-state index in [-0.39, 0.29) is 0 Å². The predicted octanol–water partition coefficient (Wildman–Crippen LogP) is 4.80. The van der Waals surface area contributed by atoms with Crippen LogP contribution in [0.15, 0.2) is 54.6 Å². The molecule has 0 fully saturated rings. The molecule has 3 aromatic rings. The summed E-state index contributed by atoms with van der Waals surface area (Å²) in [4.78, 5) is 1.16. The van der Waals surface area contributed by atoms with Crippen LogP contribution in [0.1, 0.15) is 19.4 Å². The lowest BCUT2D eigenvalue weighted by Gasteiger charge is -2.19. The van der Waals surface area contributed by atoms with Crippen LogP contribution < -0.4 is 0 Å². The SMILES string of the molecule is CC(C)(O)c1c(-c2ccccc2)sc2ccccc12. The zero-order valence-corrected chi connectivity index (χ0v) is 11.9. The maximum atomic E-state index is 10.5. The second kappa shape index (κ2) is 4.48. The fourth-order valence-electron chi connectivity index (χ4n) is 2.45. The largest absolute Gasteiger partial charge is 0.386 e. The third-order valence-corrected chi connectivity index (χ3v) is 4.46. The van der Waals surface area contributed by atoms with E-state index in [0.717, 1.165) is 15.8 Å². The molecule has 0 aliphatic carbocycles. The zero-order valence-electron chi connectivity index (χ0n) is 11.1. The molecule has 0 radical (unpaired) electrons. The summed E-state index contributed by atoms with van der Waals surface area (Å²) in [6, 6.07) is 18.6. The first-order valence-corrected chi connectivity index (χ1v) is 7.19. The van der Waals surface area contributed by atoms with Crippen LogP contribution in [0, 0.1) is 0 Å². The molecule has 0 unspecified atom stereocenters. The molecule has 2 heteroatoms. The van der Waals surface area contributed by atoms with Crippen molar-refractivity contribution in [1.29, 1.82) is 0 Å². The fourth-order valence-corrected chi connectivity index (χ4v) is 3.81. The van der Waals surface area contributed by atoms with Crippen LogP contribution in [0.3, 0.4) is 0 Å². The molecule has 1 aromatic heterocycles. The van der Waals surface area contributed by atoms with Crippen LogP contribution in [0.4, 0.5) is 0 Å². The normalized spacial score (nSPS) is 11.9. The Morgan fingerprint density at radius 1 is 0.895 bits per heavy atom.